The zero-order valence-corrected chi connectivity index (χ0v) is 19.5. The van der Waals surface area contributed by atoms with Gasteiger partial charge in [-0.1, -0.05) is 69.3 Å². The van der Waals surface area contributed by atoms with Crippen LogP contribution in [0.25, 0.3) is 59.8 Å². The van der Waals surface area contributed by atoms with Gasteiger partial charge in [-0.2, -0.15) is 0 Å². The number of para-hydroxylation sites is 1. The van der Waals surface area contributed by atoms with Crippen LogP contribution in [0.3, 0.4) is 0 Å². The fourth-order valence-electron chi connectivity index (χ4n) is 5.97. The van der Waals surface area contributed by atoms with Crippen molar-refractivity contribution in [1.29, 1.82) is 0 Å². The average molecular weight is 427 g/mol. The topological polar surface area (TPSA) is 17.3 Å². The first-order chi connectivity index (χ1) is 15.9. The molecule has 0 aliphatic carbocycles. The van der Waals surface area contributed by atoms with Gasteiger partial charge < -0.3 is 4.40 Å². The van der Waals surface area contributed by atoms with Gasteiger partial charge in [0.05, 0.1) is 22.1 Å². The largest absolute Gasteiger partial charge is 0.308 e. The second kappa shape index (κ2) is 6.23. The van der Waals surface area contributed by atoms with Crippen LogP contribution in [0.1, 0.15) is 31.9 Å². The van der Waals surface area contributed by atoms with Crippen molar-refractivity contribution >= 4 is 59.8 Å². The molecule has 3 aromatic heterocycles. The Morgan fingerprint density at radius 2 is 1.58 bits per heavy atom. The zero-order valence-electron chi connectivity index (χ0n) is 19.5. The molecule has 7 rings (SSSR count). The van der Waals surface area contributed by atoms with Crippen LogP contribution in [0, 0.1) is 12.3 Å². The predicted molar refractivity (Wildman–Crippen MR) is 142 cm³/mol. The van der Waals surface area contributed by atoms with Crippen molar-refractivity contribution in [2.45, 2.75) is 34.1 Å². The summed E-state index contributed by atoms with van der Waals surface area (Å²) in [5.74, 6) is 0. The standard InChI is InChI=1S/C31H26N2/c1-18-22-11-9-19(17-31(2,3)4)15-21(22)16-25-28-27-20(13-14-32-28)10-12-24-23-7-5-6-8-26(23)33(29(18)25)30(24)27/h5-16H,17H2,1-4H3. The van der Waals surface area contributed by atoms with Crippen molar-refractivity contribution < 1.29 is 0 Å². The maximum Gasteiger partial charge on any atom is 0.0823 e. The molecule has 0 fully saturated rings. The van der Waals surface area contributed by atoms with E-state index in [4.69, 9.17) is 4.98 Å². The molecule has 0 spiro atoms. The van der Waals surface area contributed by atoms with Crippen molar-refractivity contribution in [1.82, 2.24) is 9.38 Å². The second-order valence-corrected chi connectivity index (χ2v) is 10.8. The molecule has 0 radical (unpaired) electrons. The molecule has 0 saturated heterocycles. The molecule has 3 heterocycles. The lowest BCUT2D eigenvalue weighted by atomic mass is 9.87. The first-order valence-electron chi connectivity index (χ1n) is 11.8. The van der Waals surface area contributed by atoms with E-state index in [0.717, 1.165) is 11.9 Å². The molecule has 0 N–H and O–H groups in total. The van der Waals surface area contributed by atoms with Gasteiger partial charge in [0.15, 0.2) is 0 Å². The van der Waals surface area contributed by atoms with Gasteiger partial charge in [0.2, 0.25) is 0 Å². The van der Waals surface area contributed by atoms with Gasteiger partial charge in [0.25, 0.3) is 0 Å². The van der Waals surface area contributed by atoms with Gasteiger partial charge in [0, 0.05) is 27.7 Å². The van der Waals surface area contributed by atoms with Gasteiger partial charge in [-0.05, 0) is 64.2 Å². The van der Waals surface area contributed by atoms with Gasteiger partial charge >= 0.3 is 0 Å². The van der Waals surface area contributed by atoms with E-state index in [1.165, 1.54) is 65.4 Å². The summed E-state index contributed by atoms with van der Waals surface area (Å²) < 4.78 is 2.49. The molecule has 4 aromatic carbocycles. The number of aromatic nitrogens is 2. The van der Waals surface area contributed by atoms with Gasteiger partial charge in [-0.15, -0.1) is 0 Å². The highest BCUT2D eigenvalue weighted by Gasteiger charge is 2.21. The van der Waals surface area contributed by atoms with Crippen LogP contribution in [0.4, 0.5) is 0 Å². The molecule has 0 atom stereocenters. The summed E-state index contributed by atoms with van der Waals surface area (Å²) in [7, 11) is 0. The lowest BCUT2D eigenvalue weighted by molar-refractivity contribution is 0.411. The third-order valence-corrected chi connectivity index (χ3v) is 7.21. The van der Waals surface area contributed by atoms with Gasteiger partial charge in [-0.3, -0.25) is 4.98 Å². The Morgan fingerprint density at radius 1 is 0.758 bits per heavy atom. The van der Waals surface area contributed by atoms with E-state index in [9.17, 15) is 0 Å². The fourth-order valence-corrected chi connectivity index (χ4v) is 5.97. The summed E-state index contributed by atoms with van der Waals surface area (Å²) in [6.45, 7) is 9.19. The molecule has 0 aliphatic rings. The Kier molecular flexibility index (Phi) is 3.56. The maximum absolute atomic E-state index is 4.95. The van der Waals surface area contributed by atoms with Crippen molar-refractivity contribution in [3.63, 3.8) is 0 Å². The summed E-state index contributed by atoms with van der Waals surface area (Å²) in [5, 5.41) is 8.99. The van der Waals surface area contributed by atoms with E-state index in [1.807, 2.05) is 6.20 Å². The second-order valence-electron chi connectivity index (χ2n) is 10.8. The molecule has 0 bridgehead atoms. The van der Waals surface area contributed by atoms with Crippen LogP contribution in [-0.2, 0) is 6.42 Å². The number of aryl methyl sites for hydroxylation is 1. The Labute approximate surface area is 192 Å². The van der Waals surface area contributed by atoms with Gasteiger partial charge in [0.1, 0.15) is 0 Å². The van der Waals surface area contributed by atoms with E-state index in [-0.39, 0.29) is 5.41 Å². The number of pyridine rings is 2. The molecule has 0 amide bonds. The smallest absolute Gasteiger partial charge is 0.0823 e. The van der Waals surface area contributed by atoms with Gasteiger partial charge in [-0.25, -0.2) is 0 Å². The summed E-state index contributed by atoms with van der Waals surface area (Å²) in [5.41, 5.74) is 7.91. The highest BCUT2D eigenvalue weighted by molar-refractivity contribution is 6.28. The molecular weight excluding hydrogens is 400 g/mol. The minimum atomic E-state index is 0.263. The molecule has 0 saturated carbocycles. The molecule has 33 heavy (non-hydrogen) atoms. The molecule has 2 heteroatoms. The third-order valence-electron chi connectivity index (χ3n) is 7.21. The van der Waals surface area contributed by atoms with Crippen LogP contribution < -0.4 is 0 Å². The molecule has 0 unspecified atom stereocenters. The highest BCUT2D eigenvalue weighted by atomic mass is 14.9. The molecular formula is C31H26N2. The van der Waals surface area contributed by atoms with Crippen molar-refractivity contribution in [2.24, 2.45) is 5.41 Å². The van der Waals surface area contributed by atoms with E-state index in [2.05, 4.69) is 98.8 Å². The predicted octanol–water partition coefficient (Wildman–Crippen LogP) is 8.44. The van der Waals surface area contributed by atoms with Crippen LogP contribution in [0.5, 0.6) is 0 Å². The Hall–Kier alpha value is -3.65. The van der Waals surface area contributed by atoms with Crippen LogP contribution in [0.2, 0.25) is 0 Å². The van der Waals surface area contributed by atoms with Crippen molar-refractivity contribution in [2.75, 3.05) is 0 Å². The molecule has 7 aromatic rings. The number of nitrogens with zero attached hydrogens (tertiary/aromatic N) is 2. The van der Waals surface area contributed by atoms with Crippen molar-refractivity contribution in [3.05, 3.63) is 84.1 Å². The Balaban J connectivity index is 1.75. The molecule has 2 nitrogen and oxygen atoms in total. The zero-order chi connectivity index (χ0) is 22.5. The van der Waals surface area contributed by atoms with E-state index in [0.29, 0.717) is 0 Å². The SMILES string of the molecule is Cc1c2ccc(CC(C)(C)C)cc2cc2c3nccc4ccc5c6ccccc6n(c12)c5c43. The number of rotatable bonds is 1. The van der Waals surface area contributed by atoms with Crippen LogP contribution in [-0.4, -0.2) is 9.38 Å². The summed E-state index contributed by atoms with van der Waals surface area (Å²) >= 11 is 0. The Bertz CT molecular complexity index is 1880. The fraction of sp³-hybridized carbons (Fsp3) is 0.194. The normalized spacial score (nSPS) is 13.0. The maximum atomic E-state index is 4.95. The quantitative estimate of drug-likeness (QED) is 0.190. The minimum absolute atomic E-state index is 0.263. The summed E-state index contributed by atoms with van der Waals surface area (Å²) in [6, 6.07) is 24.9. The average Bonchev–Trinajstić information content (AvgIpc) is 3.12. The minimum Gasteiger partial charge on any atom is -0.308 e. The van der Waals surface area contributed by atoms with E-state index in [1.54, 1.807) is 0 Å². The molecule has 0 aliphatic heterocycles. The van der Waals surface area contributed by atoms with Crippen LogP contribution >= 0.6 is 0 Å². The van der Waals surface area contributed by atoms with Crippen LogP contribution in [0.15, 0.2) is 72.9 Å². The third kappa shape index (κ3) is 2.52. The highest BCUT2D eigenvalue weighted by Crippen LogP contribution is 2.42. The number of fused-ring (bicyclic) bond motifs is 7. The number of hydrogen-bond donors (Lipinski definition) is 0. The number of benzene rings is 4. The number of hydrogen-bond acceptors (Lipinski definition) is 1. The lowest BCUT2D eigenvalue weighted by Gasteiger charge is -2.19. The van der Waals surface area contributed by atoms with Crippen molar-refractivity contribution in [3.8, 4) is 0 Å². The Morgan fingerprint density at radius 3 is 2.42 bits per heavy atom. The monoisotopic (exact) mass is 426 g/mol. The molecule has 160 valence electrons. The first kappa shape index (κ1) is 18.9. The van der Waals surface area contributed by atoms with E-state index >= 15 is 0 Å². The van der Waals surface area contributed by atoms with E-state index < -0.39 is 0 Å². The first-order valence-corrected chi connectivity index (χ1v) is 11.8. The summed E-state index contributed by atoms with van der Waals surface area (Å²) in [6.07, 6.45) is 3.03. The lowest BCUT2D eigenvalue weighted by Crippen LogP contribution is -2.09. The summed E-state index contributed by atoms with van der Waals surface area (Å²) in [4.78, 5) is 4.95.